The molecule has 1 N–H and O–H groups in total. The van der Waals surface area contributed by atoms with Gasteiger partial charge in [0.2, 0.25) is 5.91 Å². The maximum absolute atomic E-state index is 12.1. The molecule has 0 bridgehead atoms. The van der Waals surface area contributed by atoms with Gasteiger partial charge in [0.25, 0.3) is 0 Å². The molecule has 0 radical (unpaired) electrons. The van der Waals surface area contributed by atoms with Gasteiger partial charge in [-0.2, -0.15) is 11.3 Å². The average molecular weight is 307 g/mol. The van der Waals surface area contributed by atoms with E-state index in [0.29, 0.717) is 18.7 Å². The van der Waals surface area contributed by atoms with Crippen LogP contribution in [-0.2, 0) is 11.2 Å². The van der Waals surface area contributed by atoms with E-state index in [1.807, 2.05) is 27.9 Å². The standard InChI is InChI=1S/C15H21N3O2S/c1-10-13(11(2)20-17-10)7-15(19)16-8-14(18(3)4)12-5-6-21-9-12/h5-6,9,14H,7-8H2,1-4H3,(H,16,19). The summed E-state index contributed by atoms with van der Waals surface area (Å²) in [5.74, 6) is 0.705. The number of amides is 1. The number of aryl methyl sites for hydroxylation is 2. The minimum Gasteiger partial charge on any atom is -0.361 e. The first-order valence-corrected chi connectivity index (χ1v) is 7.80. The van der Waals surface area contributed by atoms with Crippen molar-refractivity contribution in [2.45, 2.75) is 26.3 Å². The molecule has 1 unspecified atom stereocenters. The quantitative estimate of drug-likeness (QED) is 0.890. The van der Waals surface area contributed by atoms with Crippen LogP contribution >= 0.6 is 11.3 Å². The zero-order valence-corrected chi connectivity index (χ0v) is 13.7. The first-order valence-electron chi connectivity index (χ1n) is 6.86. The van der Waals surface area contributed by atoms with Crippen LogP contribution in [0.25, 0.3) is 0 Å². The summed E-state index contributed by atoms with van der Waals surface area (Å²) < 4.78 is 5.08. The predicted molar refractivity (Wildman–Crippen MR) is 83.4 cm³/mol. The molecule has 0 aliphatic heterocycles. The van der Waals surface area contributed by atoms with Crippen LogP contribution in [0.5, 0.6) is 0 Å². The first kappa shape index (κ1) is 15.7. The third kappa shape index (κ3) is 3.92. The van der Waals surface area contributed by atoms with E-state index in [1.165, 1.54) is 5.56 Å². The Morgan fingerprint density at radius 2 is 2.24 bits per heavy atom. The number of rotatable bonds is 6. The van der Waals surface area contributed by atoms with Crippen molar-refractivity contribution in [3.8, 4) is 0 Å². The lowest BCUT2D eigenvalue weighted by Crippen LogP contribution is -2.35. The lowest BCUT2D eigenvalue weighted by Gasteiger charge is -2.24. The molecule has 2 rings (SSSR count). The van der Waals surface area contributed by atoms with Crippen LogP contribution in [0.3, 0.4) is 0 Å². The van der Waals surface area contributed by atoms with Gasteiger partial charge in [-0.1, -0.05) is 5.16 Å². The Morgan fingerprint density at radius 3 is 2.76 bits per heavy atom. The van der Waals surface area contributed by atoms with E-state index < -0.39 is 0 Å². The number of carbonyl (C=O) groups is 1. The van der Waals surface area contributed by atoms with Gasteiger partial charge in [0.1, 0.15) is 5.76 Å². The number of likely N-dealkylation sites (N-methyl/N-ethyl adjacent to an activating group) is 1. The molecular weight excluding hydrogens is 286 g/mol. The van der Waals surface area contributed by atoms with Gasteiger partial charge in [0.15, 0.2) is 0 Å². The van der Waals surface area contributed by atoms with Gasteiger partial charge in [0, 0.05) is 12.1 Å². The number of thiophene rings is 1. The number of carbonyl (C=O) groups excluding carboxylic acids is 1. The lowest BCUT2D eigenvalue weighted by atomic mass is 10.1. The highest BCUT2D eigenvalue weighted by Crippen LogP contribution is 2.20. The molecule has 6 heteroatoms. The van der Waals surface area contributed by atoms with E-state index in [0.717, 1.165) is 11.3 Å². The van der Waals surface area contributed by atoms with E-state index in [-0.39, 0.29) is 11.9 Å². The monoisotopic (exact) mass is 307 g/mol. The SMILES string of the molecule is Cc1noc(C)c1CC(=O)NCC(c1ccsc1)N(C)C. The van der Waals surface area contributed by atoms with Crippen LogP contribution in [0, 0.1) is 13.8 Å². The number of hydrogen-bond acceptors (Lipinski definition) is 5. The van der Waals surface area contributed by atoms with E-state index in [9.17, 15) is 4.79 Å². The van der Waals surface area contributed by atoms with Crippen LogP contribution in [0.4, 0.5) is 0 Å². The van der Waals surface area contributed by atoms with Crippen LogP contribution in [0.1, 0.15) is 28.6 Å². The highest BCUT2D eigenvalue weighted by molar-refractivity contribution is 7.07. The number of hydrogen-bond donors (Lipinski definition) is 1. The average Bonchev–Trinajstić information content (AvgIpc) is 3.04. The summed E-state index contributed by atoms with van der Waals surface area (Å²) in [7, 11) is 4.03. The molecule has 1 amide bonds. The number of nitrogens with one attached hydrogen (secondary N) is 1. The van der Waals surface area contributed by atoms with E-state index in [4.69, 9.17) is 4.52 Å². The van der Waals surface area contributed by atoms with Gasteiger partial charge in [0.05, 0.1) is 18.2 Å². The molecule has 2 aromatic heterocycles. The Hall–Kier alpha value is -1.66. The van der Waals surface area contributed by atoms with Crippen LogP contribution in [-0.4, -0.2) is 36.6 Å². The maximum Gasteiger partial charge on any atom is 0.224 e. The van der Waals surface area contributed by atoms with Crippen LogP contribution in [0.2, 0.25) is 0 Å². The fourth-order valence-corrected chi connectivity index (χ4v) is 2.96. The van der Waals surface area contributed by atoms with Crippen molar-refractivity contribution in [2.75, 3.05) is 20.6 Å². The molecule has 0 spiro atoms. The molecule has 1 atom stereocenters. The summed E-state index contributed by atoms with van der Waals surface area (Å²) in [4.78, 5) is 14.2. The summed E-state index contributed by atoms with van der Waals surface area (Å²) in [6, 6.07) is 2.28. The second kappa shape index (κ2) is 6.87. The molecule has 0 aliphatic carbocycles. The minimum absolute atomic E-state index is 0.00789. The smallest absolute Gasteiger partial charge is 0.224 e. The van der Waals surface area contributed by atoms with Gasteiger partial charge in [-0.15, -0.1) is 0 Å². The molecular formula is C15H21N3O2S. The van der Waals surface area contributed by atoms with Crippen molar-refractivity contribution in [3.63, 3.8) is 0 Å². The Labute approximate surface area is 128 Å². The Bertz CT molecular complexity index is 571. The second-order valence-electron chi connectivity index (χ2n) is 5.32. The largest absolute Gasteiger partial charge is 0.361 e. The molecule has 0 saturated heterocycles. The minimum atomic E-state index is -0.00789. The molecule has 2 aromatic rings. The van der Waals surface area contributed by atoms with E-state index in [1.54, 1.807) is 11.3 Å². The van der Waals surface area contributed by atoms with Crippen molar-refractivity contribution in [1.29, 1.82) is 0 Å². The fourth-order valence-electron chi connectivity index (χ4n) is 2.25. The fraction of sp³-hybridized carbons (Fsp3) is 0.467. The lowest BCUT2D eigenvalue weighted by molar-refractivity contribution is -0.120. The third-order valence-corrected chi connectivity index (χ3v) is 4.26. The highest BCUT2D eigenvalue weighted by atomic mass is 32.1. The van der Waals surface area contributed by atoms with Gasteiger partial charge in [-0.3, -0.25) is 4.79 Å². The normalized spacial score (nSPS) is 12.6. The van der Waals surface area contributed by atoms with Gasteiger partial charge in [-0.25, -0.2) is 0 Å². The summed E-state index contributed by atoms with van der Waals surface area (Å²) in [6.07, 6.45) is 0.310. The van der Waals surface area contributed by atoms with Crippen molar-refractivity contribution < 1.29 is 9.32 Å². The third-order valence-electron chi connectivity index (χ3n) is 3.56. The Morgan fingerprint density at radius 1 is 1.48 bits per heavy atom. The van der Waals surface area contributed by atoms with Gasteiger partial charge in [-0.05, 0) is 50.3 Å². The second-order valence-corrected chi connectivity index (χ2v) is 6.10. The van der Waals surface area contributed by atoms with E-state index >= 15 is 0 Å². The van der Waals surface area contributed by atoms with Crippen molar-refractivity contribution in [3.05, 3.63) is 39.4 Å². The highest BCUT2D eigenvalue weighted by Gasteiger charge is 2.17. The zero-order valence-electron chi connectivity index (χ0n) is 12.8. The van der Waals surface area contributed by atoms with Crippen LogP contribution in [0.15, 0.2) is 21.3 Å². The molecule has 2 heterocycles. The van der Waals surface area contributed by atoms with Gasteiger partial charge >= 0.3 is 0 Å². The summed E-state index contributed by atoms with van der Waals surface area (Å²) in [5.41, 5.74) is 2.89. The Kier molecular flexibility index (Phi) is 5.14. The van der Waals surface area contributed by atoms with Crippen LogP contribution < -0.4 is 5.32 Å². The molecule has 0 fully saturated rings. The summed E-state index contributed by atoms with van der Waals surface area (Å²) in [5, 5.41) is 11.0. The summed E-state index contributed by atoms with van der Waals surface area (Å²) >= 11 is 1.67. The predicted octanol–water partition coefficient (Wildman–Crippen LogP) is 2.31. The molecule has 5 nitrogen and oxygen atoms in total. The van der Waals surface area contributed by atoms with Gasteiger partial charge < -0.3 is 14.7 Å². The zero-order chi connectivity index (χ0) is 15.4. The maximum atomic E-state index is 12.1. The molecule has 0 aromatic carbocycles. The van der Waals surface area contributed by atoms with Crippen molar-refractivity contribution in [1.82, 2.24) is 15.4 Å². The first-order chi connectivity index (χ1) is 9.99. The molecule has 21 heavy (non-hydrogen) atoms. The molecule has 0 saturated carbocycles. The molecule has 114 valence electrons. The topological polar surface area (TPSA) is 58.4 Å². The molecule has 0 aliphatic rings. The Balaban J connectivity index is 1.94. The van der Waals surface area contributed by atoms with Crippen molar-refractivity contribution in [2.24, 2.45) is 0 Å². The number of aromatic nitrogens is 1. The number of nitrogens with zero attached hydrogens (tertiary/aromatic N) is 2. The van der Waals surface area contributed by atoms with E-state index in [2.05, 4.69) is 32.2 Å². The van der Waals surface area contributed by atoms with Crippen molar-refractivity contribution >= 4 is 17.2 Å². The summed E-state index contributed by atoms with van der Waals surface area (Å²) in [6.45, 7) is 4.27.